The molecule has 2 heterocycles. The van der Waals surface area contributed by atoms with Gasteiger partial charge < -0.3 is 9.64 Å². The quantitative estimate of drug-likeness (QED) is 0.384. The minimum atomic E-state index is -0.586. The molecule has 2 aliphatic carbocycles. The number of aryl methyl sites for hydroxylation is 2. The van der Waals surface area contributed by atoms with Gasteiger partial charge in [0.2, 0.25) is 17.7 Å². The van der Waals surface area contributed by atoms with Crippen LogP contribution in [0, 0.1) is 43.4 Å². The molecule has 2 saturated carbocycles. The molecule has 2 aromatic rings. The predicted molar refractivity (Wildman–Crippen MR) is 129 cm³/mol. The Hall–Kier alpha value is -3.48. The van der Waals surface area contributed by atoms with Gasteiger partial charge in [0.05, 0.1) is 23.4 Å². The van der Waals surface area contributed by atoms with Crippen molar-refractivity contribution in [1.82, 2.24) is 0 Å². The summed E-state index contributed by atoms with van der Waals surface area (Å²) in [5.74, 6) is -0.942. The molecule has 7 heteroatoms. The molecule has 3 amide bonds. The minimum absolute atomic E-state index is 0.0841. The van der Waals surface area contributed by atoms with Crippen LogP contribution in [0.2, 0.25) is 0 Å². The molecule has 5 atom stereocenters. The maximum Gasteiger partial charge on any atom is 0.316 e. The lowest BCUT2D eigenvalue weighted by atomic mass is 9.81. The van der Waals surface area contributed by atoms with E-state index in [-0.39, 0.29) is 48.3 Å². The highest BCUT2D eigenvalue weighted by molar-refractivity contribution is 6.22. The first-order chi connectivity index (χ1) is 16.8. The van der Waals surface area contributed by atoms with Gasteiger partial charge in [-0.05, 0) is 80.3 Å². The zero-order valence-corrected chi connectivity index (χ0v) is 19.9. The van der Waals surface area contributed by atoms with Crippen LogP contribution in [-0.4, -0.2) is 30.2 Å². The summed E-state index contributed by atoms with van der Waals surface area (Å²) in [7, 11) is 0. The molecule has 4 aliphatic rings. The van der Waals surface area contributed by atoms with Crippen molar-refractivity contribution in [3.8, 4) is 5.75 Å². The molecule has 0 unspecified atom stereocenters. The maximum atomic E-state index is 13.1. The number of ether oxygens (including phenoxy) is 1. The number of carbonyl (C=O) groups is 4. The van der Waals surface area contributed by atoms with Crippen molar-refractivity contribution in [2.24, 2.45) is 29.6 Å². The molecular formula is C28H28N2O5. The van der Waals surface area contributed by atoms with Gasteiger partial charge in [-0.3, -0.25) is 19.2 Å². The Morgan fingerprint density at radius 1 is 0.886 bits per heavy atom. The Bertz CT molecular complexity index is 1220. The van der Waals surface area contributed by atoms with E-state index >= 15 is 0 Å². The predicted octanol–water partition coefficient (Wildman–Crippen LogP) is 3.80. The van der Waals surface area contributed by atoms with Crippen LogP contribution in [-0.2, 0) is 19.2 Å². The highest BCUT2D eigenvalue weighted by Gasteiger charge is 2.61. The molecule has 2 aliphatic heterocycles. The van der Waals surface area contributed by atoms with E-state index in [1.54, 1.807) is 29.2 Å². The molecule has 0 spiro atoms. The average Bonchev–Trinajstić information content (AvgIpc) is 3.57. The van der Waals surface area contributed by atoms with Crippen LogP contribution in [0.3, 0.4) is 0 Å². The lowest BCUT2D eigenvalue weighted by Crippen LogP contribution is -2.32. The van der Waals surface area contributed by atoms with Gasteiger partial charge in [0, 0.05) is 24.7 Å². The molecule has 2 saturated heterocycles. The lowest BCUT2D eigenvalue weighted by molar-refractivity contribution is -0.139. The Balaban J connectivity index is 1.17. The second-order valence-corrected chi connectivity index (χ2v) is 10.6. The Morgan fingerprint density at radius 3 is 2.20 bits per heavy atom. The summed E-state index contributed by atoms with van der Waals surface area (Å²) in [6.45, 7) is 4.21. The van der Waals surface area contributed by atoms with E-state index in [4.69, 9.17) is 4.74 Å². The summed E-state index contributed by atoms with van der Waals surface area (Å²) in [5, 5.41) is 0. The molecule has 0 radical (unpaired) electrons. The van der Waals surface area contributed by atoms with Crippen LogP contribution in [0.1, 0.15) is 36.8 Å². The van der Waals surface area contributed by atoms with Crippen LogP contribution in [0.4, 0.5) is 11.4 Å². The van der Waals surface area contributed by atoms with Gasteiger partial charge in [0.1, 0.15) is 5.75 Å². The summed E-state index contributed by atoms with van der Waals surface area (Å²) in [4.78, 5) is 54.8. The van der Waals surface area contributed by atoms with E-state index in [1.807, 2.05) is 32.0 Å². The second kappa shape index (κ2) is 8.04. The zero-order valence-electron chi connectivity index (χ0n) is 19.9. The summed E-state index contributed by atoms with van der Waals surface area (Å²) < 4.78 is 5.63. The molecule has 2 aromatic carbocycles. The molecule has 180 valence electrons. The van der Waals surface area contributed by atoms with Crippen LogP contribution >= 0.6 is 0 Å². The minimum Gasteiger partial charge on any atom is -0.426 e. The van der Waals surface area contributed by atoms with Gasteiger partial charge in [0.15, 0.2) is 0 Å². The molecular weight excluding hydrogens is 444 g/mol. The number of amides is 3. The summed E-state index contributed by atoms with van der Waals surface area (Å²) in [6, 6.07) is 12.5. The number of benzene rings is 2. The number of rotatable bonds is 4. The second-order valence-electron chi connectivity index (χ2n) is 10.6. The third kappa shape index (κ3) is 3.56. The van der Waals surface area contributed by atoms with Crippen molar-refractivity contribution in [2.75, 3.05) is 16.3 Å². The van der Waals surface area contributed by atoms with Crippen LogP contribution < -0.4 is 14.5 Å². The van der Waals surface area contributed by atoms with E-state index in [9.17, 15) is 19.2 Å². The maximum absolute atomic E-state index is 13.1. The summed E-state index contributed by atoms with van der Waals surface area (Å²) in [5.41, 5.74) is 3.34. The third-order valence-electron chi connectivity index (χ3n) is 8.20. The van der Waals surface area contributed by atoms with Crippen LogP contribution in [0.5, 0.6) is 5.75 Å². The topological polar surface area (TPSA) is 84.0 Å². The van der Waals surface area contributed by atoms with E-state index in [1.165, 1.54) is 4.90 Å². The molecule has 35 heavy (non-hydrogen) atoms. The number of hydrogen-bond acceptors (Lipinski definition) is 5. The van der Waals surface area contributed by atoms with E-state index < -0.39 is 11.9 Å². The highest BCUT2D eigenvalue weighted by Crippen LogP contribution is 2.56. The van der Waals surface area contributed by atoms with Gasteiger partial charge in [-0.2, -0.15) is 0 Å². The Labute approximate surface area is 204 Å². The first kappa shape index (κ1) is 22.0. The van der Waals surface area contributed by atoms with E-state index in [2.05, 4.69) is 0 Å². The number of anilines is 2. The van der Waals surface area contributed by atoms with Gasteiger partial charge >= 0.3 is 5.97 Å². The summed E-state index contributed by atoms with van der Waals surface area (Å²) in [6.07, 6.45) is 3.11. The van der Waals surface area contributed by atoms with Crippen molar-refractivity contribution in [3.63, 3.8) is 0 Å². The number of fused-ring (bicyclic) bond motifs is 5. The largest absolute Gasteiger partial charge is 0.426 e. The van der Waals surface area contributed by atoms with Crippen molar-refractivity contribution < 1.29 is 23.9 Å². The Kier molecular flexibility index (Phi) is 5.06. The van der Waals surface area contributed by atoms with Crippen LogP contribution in [0.15, 0.2) is 42.5 Å². The fourth-order valence-corrected chi connectivity index (χ4v) is 6.77. The first-order valence-corrected chi connectivity index (χ1v) is 12.4. The number of hydrogen-bond donors (Lipinski definition) is 0. The lowest BCUT2D eigenvalue weighted by Gasteiger charge is -2.19. The fraction of sp³-hybridized carbons (Fsp3) is 0.429. The molecule has 0 aromatic heterocycles. The van der Waals surface area contributed by atoms with Gasteiger partial charge in [-0.15, -0.1) is 0 Å². The molecule has 6 rings (SSSR count). The number of esters is 1. The third-order valence-corrected chi connectivity index (χ3v) is 8.20. The number of carbonyl (C=O) groups excluding carboxylic acids is 4. The molecule has 7 nitrogen and oxygen atoms in total. The number of nitrogens with zero attached hydrogens (tertiary/aromatic N) is 2. The van der Waals surface area contributed by atoms with Crippen molar-refractivity contribution in [3.05, 3.63) is 53.6 Å². The van der Waals surface area contributed by atoms with Crippen molar-refractivity contribution >= 4 is 35.1 Å². The normalized spacial score (nSPS) is 29.3. The molecule has 0 N–H and O–H groups in total. The van der Waals surface area contributed by atoms with E-state index in [0.29, 0.717) is 17.5 Å². The van der Waals surface area contributed by atoms with Gasteiger partial charge in [-0.25, -0.2) is 4.90 Å². The summed E-state index contributed by atoms with van der Waals surface area (Å²) >= 11 is 0. The van der Waals surface area contributed by atoms with Gasteiger partial charge in [0.25, 0.3) is 0 Å². The first-order valence-electron chi connectivity index (χ1n) is 12.4. The highest BCUT2D eigenvalue weighted by atomic mass is 16.5. The Morgan fingerprint density at radius 2 is 1.54 bits per heavy atom. The zero-order chi connectivity index (χ0) is 24.4. The smallest absolute Gasteiger partial charge is 0.316 e. The number of imide groups is 1. The molecule has 4 fully saturated rings. The standard InChI is InChI=1S/C28H28N2O5/c1-15-8-16(2)10-21(9-15)29-14-19(12-23(29)31)28(34)35-22-5-3-4-20(13-22)30-26(32)24-17-6-7-18(11-17)25(24)27(30)33/h3-5,8-10,13,17-19,24-25H,6-7,11-12,14H2,1-2H3/t17-,18-,19+,24-,25-/m0/s1. The average molecular weight is 473 g/mol. The molecule has 2 bridgehead atoms. The van der Waals surface area contributed by atoms with E-state index in [0.717, 1.165) is 36.1 Å². The SMILES string of the molecule is Cc1cc(C)cc(N2C[C@H](C(=O)Oc3cccc(N4C(=O)[C@H]5[C@H]6CC[C@@H](C6)[C@@H]5C4=O)c3)CC2=O)c1. The van der Waals surface area contributed by atoms with Crippen LogP contribution in [0.25, 0.3) is 0 Å². The fourth-order valence-electron chi connectivity index (χ4n) is 6.77. The van der Waals surface area contributed by atoms with Crippen molar-refractivity contribution in [1.29, 1.82) is 0 Å². The van der Waals surface area contributed by atoms with Gasteiger partial charge in [-0.1, -0.05) is 12.1 Å². The monoisotopic (exact) mass is 472 g/mol. The van der Waals surface area contributed by atoms with Crippen molar-refractivity contribution in [2.45, 2.75) is 39.5 Å².